The summed E-state index contributed by atoms with van der Waals surface area (Å²) in [7, 11) is 4.33. The molecule has 0 saturated heterocycles. The van der Waals surface area contributed by atoms with Crippen molar-refractivity contribution < 1.29 is 9.47 Å². The zero-order valence-electron chi connectivity index (χ0n) is 14.8. The minimum absolute atomic E-state index is 0.760. The number of halogens is 2. The second-order valence-electron chi connectivity index (χ2n) is 7.12. The largest absolute Gasteiger partial charge is 0.271 e. The van der Waals surface area contributed by atoms with Crippen molar-refractivity contribution in [3.8, 4) is 11.3 Å². The zero-order valence-corrected chi connectivity index (χ0v) is 16.3. The molecule has 3 aromatic carbocycles. The second-order valence-corrected chi connectivity index (χ2v) is 7.99. The maximum absolute atomic E-state index is 6.37. The van der Waals surface area contributed by atoms with Crippen LogP contribution in [0.1, 0.15) is 5.56 Å². The van der Waals surface area contributed by atoms with Gasteiger partial charge in [0.05, 0.1) is 12.4 Å². The van der Waals surface area contributed by atoms with Crippen molar-refractivity contribution in [2.45, 2.75) is 6.92 Å². The van der Waals surface area contributed by atoms with Crippen LogP contribution in [0.5, 0.6) is 0 Å². The molecular formula is C22H18Cl2N2+2. The Morgan fingerprint density at radius 3 is 2.38 bits per heavy atom. The van der Waals surface area contributed by atoms with Crippen molar-refractivity contribution in [2.24, 2.45) is 7.05 Å². The topological polar surface area (TPSA) is 8.32 Å². The molecule has 5 rings (SSSR count). The summed E-state index contributed by atoms with van der Waals surface area (Å²) < 4.78 is 2.27. The first-order valence-corrected chi connectivity index (χ1v) is 9.41. The first kappa shape index (κ1) is 16.1. The maximum Gasteiger partial charge on any atom is 0.232 e. The van der Waals surface area contributed by atoms with Gasteiger partial charge in [0.15, 0.2) is 5.69 Å². The highest BCUT2D eigenvalue weighted by Crippen LogP contribution is 2.41. The highest BCUT2D eigenvalue weighted by atomic mass is 35.5. The third kappa shape index (κ3) is 2.07. The Hall–Kier alpha value is -2.13. The highest BCUT2D eigenvalue weighted by molar-refractivity contribution is 6.32. The maximum atomic E-state index is 6.37. The van der Waals surface area contributed by atoms with Crippen LogP contribution in [0.15, 0.2) is 48.5 Å². The zero-order chi connectivity index (χ0) is 18.2. The van der Waals surface area contributed by atoms with Crippen LogP contribution in [0.2, 0.25) is 10.0 Å². The van der Waals surface area contributed by atoms with Crippen LogP contribution in [0, 0.1) is 6.92 Å². The minimum Gasteiger partial charge on any atom is -0.271 e. The molecule has 0 saturated carbocycles. The third-order valence-corrected chi connectivity index (χ3v) is 5.98. The molecule has 1 N–H and O–H groups in total. The fourth-order valence-electron chi connectivity index (χ4n) is 4.35. The first-order valence-electron chi connectivity index (χ1n) is 8.65. The number of aryl methyl sites for hydroxylation is 2. The number of hydrogen-bond acceptors (Lipinski definition) is 0. The Kier molecular flexibility index (Phi) is 3.36. The molecule has 0 radical (unpaired) electrons. The van der Waals surface area contributed by atoms with Crippen LogP contribution < -0.4 is 9.47 Å². The van der Waals surface area contributed by atoms with E-state index in [1.165, 1.54) is 54.8 Å². The summed E-state index contributed by atoms with van der Waals surface area (Å²) in [6, 6.07) is 16.9. The molecule has 0 aliphatic carbocycles. The molecule has 1 aliphatic rings. The standard InChI is InChI=1S/C22H17Cl2N2/c1-12-8-16-15-10-13(23)4-6-18(15)26(3)22-17-11-14(24)5-7-19(17)25(2)20(9-12)21(16)22/h4-11H,1-3H3/q+1/p+1. The molecule has 26 heavy (non-hydrogen) atoms. The lowest BCUT2D eigenvalue weighted by molar-refractivity contribution is -0.734. The third-order valence-electron chi connectivity index (χ3n) is 5.51. The summed E-state index contributed by atoms with van der Waals surface area (Å²) in [4.78, 5) is 1.29. The Morgan fingerprint density at radius 2 is 1.58 bits per heavy atom. The number of quaternary nitrogens is 1. The van der Waals surface area contributed by atoms with Gasteiger partial charge in [0.25, 0.3) is 0 Å². The molecule has 0 bridgehead atoms. The first-order chi connectivity index (χ1) is 12.5. The number of rotatable bonds is 0. The smallest absolute Gasteiger partial charge is 0.232 e. The Balaban J connectivity index is 2.11. The van der Waals surface area contributed by atoms with Gasteiger partial charge >= 0.3 is 0 Å². The summed E-state index contributed by atoms with van der Waals surface area (Å²) >= 11 is 12.7. The van der Waals surface area contributed by atoms with Gasteiger partial charge in [-0.1, -0.05) is 23.2 Å². The van der Waals surface area contributed by atoms with E-state index >= 15 is 0 Å². The summed E-state index contributed by atoms with van der Waals surface area (Å²) in [5.74, 6) is 0. The van der Waals surface area contributed by atoms with Gasteiger partial charge in [-0.25, -0.2) is 0 Å². The van der Waals surface area contributed by atoms with Gasteiger partial charge in [0.2, 0.25) is 11.2 Å². The number of aromatic nitrogens is 1. The fourth-order valence-corrected chi connectivity index (χ4v) is 4.70. The number of pyridine rings is 1. The number of benzene rings is 3. The van der Waals surface area contributed by atoms with Gasteiger partial charge in [-0.05, 0) is 42.8 Å². The molecule has 0 fully saturated rings. The monoisotopic (exact) mass is 380 g/mol. The Morgan fingerprint density at radius 1 is 0.846 bits per heavy atom. The molecule has 1 unspecified atom stereocenters. The van der Waals surface area contributed by atoms with Gasteiger partial charge in [-0.15, -0.1) is 0 Å². The molecule has 2 heterocycles. The van der Waals surface area contributed by atoms with E-state index in [1.807, 2.05) is 12.1 Å². The summed E-state index contributed by atoms with van der Waals surface area (Å²) in [5, 5.41) is 5.23. The predicted octanol–water partition coefficient (Wildman–Crippen LogP) is 4.89. The quantitative estimate of drug-likeness (QED) is 0.328. The molecule has 1 aliphatic heterocycles. The Bertz CT molecular complexity index is 1240. The molecule has 1 atom stereocenters. The number of nitrogens with zero attached hydrogens (tertiary/aromatic N) is 1. The average Bonchev–Trinajstić information content (AvgIpc) is 2.61. The fraction of sp³-hybridized carbons (Fsp3) is 0.136. The van der Waals surface area contributed by atoms with Gasteiger partial charge in [-0.3, -0.25) is 4.90 Å². The van der Waals surface area contributed by atoms with Gasteiger partial charge in [0, 0.05) is 33.6 Å². The van der Waals surface area contributed by atoms with Crippen LogP contribution in [0.3, 0.4) is 0 Å². The molecule has 4 heteroatoms. The molecule has 0 amide bonds. The summed E-state index contributed by atoms with van der Waals surface area (Å²) in [6.07, 6.45) is 0. The summed E-state index contributed by atoms with van der Waals surface area (Å²) in [6.45, 7) is 2.16. The van der Waals surface area contributed by atoms with Crippen LogP contribution in [0.4, 0.5) is 11.4 Å². The number of hydrogen-bond donors (Lipinski definition) is 1. The lowest BCUT2D eigenvalue weighted by Gasteiger charge is -2.24. The second kappa shape index (κ2) is 5.43. The molecule has 2 nitrogen and oxygen atoms in total. The van der Waals surface area contributed by atoms with Crippen molar-refractivity contribution in [3.05, 3.63) is 64.1 Å². The molecule has 1 aromatic heterocycles. The normalized spacial score (nSPS) is 15.5. The van der Waals surface area contributed by atoms with Crippen LogP contribution in [-0.2, 0) is 7.05 Å². The highest BCUT2D eigenvalue weighted by Gasteiger charge is 2.35. The van der Waals surface area contributed by atoms with E-state index in [1.54, 1.807) is 0 Å². The van der Waals surface area contributed by atoms with E-state index in [-0.39, 0.29) is 0 Å². The van der Waals surface area contributed by atoms with Crippen LogP contribution in [0.25, 0.3) is 32.9 Å². The van der Waals surface area contributed by atoms with Crippen molar-refractivity contribution >= 4 is 56.3 Å². The predicted molar refractivity (Wildman–Crippen MR) is 109 cm³/mol. The van der Waals surface area contributed by atoms with Gasteiger partial charge in [0.1, 0.15) is 23.7 Å². The van der Waals surface area contributed by atoms with Crippen molar-refractivity contribution in [2.75, 3.05) is 7.05 Å². The van der Waals surface area contributed by atoms with E-state index in [0.717, 1.165) is 10.0 Å². The molecule has 4 aromatic rings. The van der Waals surface area contributed by atoms with Gasteiger partial charge < -0.3 is 0 Å². The minimum atomic E-state index is 0.760. The van der Waals surface area contributed by atoms with E-state index in [4.69, 9.17) is 23.2 Å². The summed E-state index contributed by atoms with van der Waals surface area (Å²) in [5.41, 5.74) is 7.37. The van der Waals surface area contributed by atoms with Gasteiger partial charge in [-0.2, -0.15) is 4.57 Å². The average molecular weight is 381 g/mol. The molecular weight excluding hydrogens is 363 g/mol. The van der Waals surface area contributed by atoms with Crippen molar-refractivity contribution in [3.63, 3.8) is 0 Å². The number of fused-ring (bicyclic) bond motifs is 4. The lowest BCUT2D eigenvalue weighted by atomic mass is 9.92. The number of nitrogens with one attached hydrogen (secondary N) is 1. The van der Waals surface area contributed by atoms with E-state index < -0.39 is 0 Å². The van der Waals surface area contributed by atoms with E-state index in [0.29, 0.717) is 0 Å². The van der Waals surface area contributed by atoms with Crippen LogP contribution >= 0.6 is 23.2 Å². The van der Waals surface area contributed by atoms with Crippen LogP contribution in [-0.4, -0.2) is 7.05 Å². The Labute approximate surface area is 162 Å². The molecule has 128 valence electrons. The lowest BCUT2D eigenvalue weighted by Crippen LogP contribution is -2.99. The SMILES string of the molecule is Cc1cc2c3c([n+](C)c4ccc(Cl)cc4c3c1)-c1cc(Cl)ccc1[NH+]2C. The van der Waals surface area contributed by atoms with E-state index in [2.05, 4.69) is 62.0 Å². The molecule has 0 spiro atoms. The van der Waals surface area contributed by atoms with Crippen molar-refractivity contribution in [1.29, 1.82) is 0 Å². The van der Waals surface area contributed by atoms with Crippen molar-refractivity contribution in [1.82, 2.24) is 0 Å². The van der Waals surface area contributed by atoms with E-state index in [9.17, 15) is 0 Å².